The third-order valence-electron chi connectivity index (χ3n) is 3.43. The zero-order valence-corrected chi connectivity index (χ0v) is 10.5. The standard InChI is InChI=1S/C14H20N2O/c1-3-15-14(17)16-10-13(9-11(16)2)12-7-5-4-6-8-12/h4-8,11,13H,3,9-10H2,1-2H3,(H,15,17)/t11-,13+/m0/s1. The van der Waals surface area contributed by atoms with E-state index in [9.17, 15) is 4.79 Å². The molecule has 0 aliphatic carbocycles. The molecule has 1 N–H and O–H groups in total. The Bertz CT molecular complexity index is 377. The van der Waals surface area contributed by atoms with Crippen molar-refractivity contribution in [3.63, 3.8) is 0 Å². The van der Waals surface area contributed by atoms with Crippen molar-refractivity contribution in [2.45, 2.75) is 32.2 Å². The van der Waals surface area contributed by atoms with E-state index in [2.05, 4.69) is 36.5 Å². The van der Waals surface area contributed by atoms with Gasteiger partial charge in [-0.05, 0) is 25.8 Å². The highest BCUT2D eigenvalue weighted by atomic mass is 16.2. The number of amides is 2. The van der Waals surface area contributed by atoms with Crippen LogP contribution in [0.1, 0.15) is 31.7 Å². The Morgan fingerprint density at radius 1 is 1.41 bits per heavy atom. The van der Waals surface area contributed by atoms with Crippen LogP contribution >= 0.6 is 0 Å². The largest absolute Gasteiger partial charge is 0.338 e. The molecule has 1 aliphatic rings. The number of carbonyl (C=O) groups is 1. The van der Waals surface area contributed by atoms with Crippen molar-refractivity contribution in [1.29, 1.82) is 0 Å². The molecule has 2 rings (SSSR count). The number of benzene rings is 1. The maximum Gasteiger partial charge on any atom is 0.317 e. The molecule has 1 heterocycles. The number of urea groups is 1. The van der Waals surface area contributed by atoms with Crippen molar-refractivity contribution < 1.29 is 4.79 Å². The van der Waals surface area contributed by atoms with E-state index in [1.54, 1.807) is 0 Å². The van der Waals surface area contributed by atoms with Gasteiger partial charge in [0, 0.05) is 25.0 Å². The predicted octanol–water partition coefficient (Wildman–Crippen LogP) is 2.59. The van der Waals surface area contributed by atoms with Crippen molar-refractivity contribution in [2.24, 2.45) is 0 Å². The summed E-state index contributed by atoms with van der Waals surface area (Å²) in [5, 5.41) is 2.88. The van der Waals surface area contributed by atoms with E-state index in [-0.39, 0.29) is 6.03 Å². The van der Waals surface area contributed by atoms with E-state index < -0.39 is 0 Å². The summed E-state index contributed by atoms with van der Waals surface area (Å²) < 4.78 is 0. The fourth-order valence-corrected chi connectivity index (χ4v) is 2.53. The Labute approximate surface area is 103 Å². The molecule has 1 fully saturated rings. The zero-order chi connectivity index (χ0) is 12.3. The molecule has 1 aromatic rings. The fourth-order valence-electron chi connectivity index (χ4n) is 2.53. The summed E-state index contributed by atoms with van der Waals surface area (Å²) in [5.74, 6) is 0.480. The minimum absolute atomic E-state index is 0.0680. The van der Waals surface area contributed by atoms with Gasteiger partial charge in [0.25, 0.3) is 0 Å². The van der Waals surface area contributed by atoms with E-state index in [1.165, 1.54) is 5.56 Å². The number of rotatable bonds is 2. The molecule has 0 radical (unpaired) electrons. The summed E-state index contributed by atoms with van der Waals surface area (Å²) >= 11 is 0. The van der Waals surface area contributed by atoms with Gasteiger partial charge in [0.05, 0.1) is 0 Å². The smallest absolute Gasteiger partial charge is 0.317 e. The van der Waals surface area contributed by atoms with E-state index in [1.807, 2.05) is 17.9 Å². The van der Waals surface area contributed by atoms with Gasteiger partial charge in [-0.2, -0.15) is 0 Å². The van der Waals surface area contributed by atoms with Gasteiger partial charge in [0.1, 0.15) is 0 Å². The van der Waals surface area contributed by atoms with E-state index >= 15 is 0 Å². The van der Waals surface area contributed by atoms with Crippen molar-refractivity contribution in [3.05, 3.63) is 35.9 Å². The SMILES string of the molecule is CCNC(=O)N1C[C@H](c2ccccc2)C[C@@H]1C. The number of hydrogen-bond acceptors (Lipinski definition) is 1. The van der Waals surface area contributed by atoms with Crippen molar-refractivity contribution >= 4 is 6.03 Å². The molecule has 3 nitrogen and oxygen atoms in total. The average molecular weight is 232 g/mol. The van der Waals surface area contributed by atoms with Crippen LogP contribution in [0.5, 0.6) is 0 Å². The third kappa shape index (κ3) is 2.60. The van der Waals surface area contributed by atoms with Gasteiger partial charge in [-0.25, -0.2) is 4.79 Å². The van der Waals surface area contributed by atoms with Crippen LogP contribution in [-0.2, 0) is 0 Å². The number of likely N-dealkylation sites (tertiary alicyclic amines) is 1. The molecule has 2 amide bonds. The van der Waals surface area contributed by atoms with Crippen LogP contribution in [0.4, 0.5) is 4.79 Å². The molecule has 1 aliphatic heterocycles. The fraction of sp³-hybridized carbons (Fsp3) is 0.500. The highest BCUT2D eigenvalue weighted by Crippen LogP contribution is 2.31. The zero-order valence-electron chi connectivity index (χ0n) is 10.5. The van der Waals surface area contributed by atoms with Crippen LogP contribution in [0, 0.1) is 0 Å². The molecule has 1 saturated heterocycles. The first-order chi connectivity index (χ1) is 8.22. The Morgan fingerprint density at radius 2 is 2.12 bits per heavy atom. The van der Waals surface area contributed by atoms with Gasteiger partial charge in [0.2, 0.25) is 0 Å². The number of hydrogen-bond donors (Lipinski definition) is 1. The molecule has 0 spiro atoms. The van der Waals surface area contributed by atoms with Gasteiger partial charge >= 0.3 is 6.03 Å². The molecule has 3 heteroatoms. The maximum atomic E-state index is 11.8. The second-order valence-corrected chi connectivity index (χ2v) is 4.68. The molecule has 1 aromatic carbocycles. The summed E-state index contributed by atoms with van der Waals surface area (Å²) in [6.07, 6.45) is 1.06. The quantitative estimate of drug-likeness (QED) is 0.835. The first kappa shape index (κ1) is 12.0. The van der Waals surface area contributed by atoms with Crippen molar-refractivity contribution in [3.8, 4) is 0 Å². The summed E-state index contributed by atoms with van der Waals surface area (Å²) in [5.41, 5.74) is 1.34. The molecule has 17 heavy (non-hydrogen) atoms. The molecular weight excluding hydrogens is 212 g/mol. The predicted molar refractivity (Wildman–Crippen MR) is 69.0 cm³/mol. The van der Waals surface area contributed by atoms with Crippen molar-refractivity contribution in [1.82, 2.24) is 10.2 Å². The van der Waals surface area contributed by atoms with Crippen LogP contribution in [0.25, 0.3) is 0 Å². The Kier molecular flexibility index (Phi) is 3.67. The van der Waals surface area contributed by atoms with Crippen LogP contribution in [-0.4, -0.2) is 30.1 Å². The lowest BCUT2D eigenvalue weighted by atomic mass is 9.97. The van der Waals surface area contributed by atoms with Gasteiger partial charge in [-0.3, -0.25) is 0 Å². The first-order valence-corrected chi connectivity index (χ1v) is 6.31. The minimum Gasteiger partial charge on any atom is -0.338 e. The van der Waals surface area contributed by atoms with E-state index in [0.29, 0.717) is 18.5 Å². The summed E-state index contributed by atoms with van der Waals surface area (Å²) in [4.78, 5) is 13.8. The molecule has 0 unspecified atom stereocenters. The van der Waals surface area contributed by atoms with E-state index in [4.69, 9.17) is 0 Å². The molecule has 0 bridgehead atoms. The van der Waals surface area contributed by atoms with Gasteiger partial charge in [0.15, 0.2) is 0 Å². The van der Waals surface area contributed by atoms with Crippen LogP contribution in [0.3, 0.4) is 0 Å². The average Bonchev–Trinajstić information content (AvgIpc) is 2.73. The molecule has 0 saturated carbocycles. The molecule has 2 atom stereocenters. The van der Waals surface area contributed by atoms with Gasteiger partial charge < -0.3 is 10.2 Å². The van der Waals surface area contributed by atoms with Crippen LogP contribution < -0.4 is 5.32 Å². The lowest BCUT2D eigenvalue weighted by Gasteiger charge is -2.21. The molecule has 0 aromatic heterocycles. The maximum absolute atomic E-state index is 11.8. The van der Waals surface area contributed by atoms with Gasteiger partial charge in [-0.15, -0.1) is 0 Å². The van der Waals surface area contributed by atoms with Crippen LogP contribution in [0.15, 0.2) is 30.3 Å². The van der Waals surface area contributed by atoms with Crippen LogP contribution in [0.2, 0.25) is 0 Å². The minimum atomic E-state index is 0.0680. The number of nitrogens with one attached hydrogen (secondary N) is 1. The number of carbonyl (C=O) groups excluding carboxylic acids is 1. The van der Waals surface area contributed by atoms with E-state index in [0.717, 1.165) is 13.0 Å². The second kappa shape index (κ2) is 5.21. The Balaban J connectivity index is 2.04. The molecule has 92 valence electrons. The molecular formula is C14H20N2O. The summed E-state index contributed by atoms with van der Waals surface area (Å²) in [6, 6.07) is 10.9. The topological polar surface area (TPSA) is 32.3 Å². The Morgan fingerprint density at radius 3 is 2.76 bits per heavy atom. The monoisotopic (exact) mass is 232 g/mol. The third-order valence-corrected chi connectivity index (χ3v) is 3.43. The van der Waals surface area contributed by atoms with Crippen molar-refractivity contribution in [2.75, 3.05) is 13.1 Å². The second-order valence-electron chi connectivity index (χ2n) is 4.68. The highest BCUT2D eigenvalue weighted by molar-refractivity contribution is 5.75. The summed E-state index contributed by atoms with van der Waals surface area (Å²) in [7, 11) is 0. The normalized spacial score (nSPS) is 23.8. The Hall–Kier alpha value is -1.51. The number of nitrogens with zero attached hydrogens (tertiary/aromatic N) is 1. The first-order valence-electron chi connectivity index (χ1n) is 6.31. The van der Waals surface area contributed by atoms with Gasteiger partial charge in [-0.1, -0.05) is 30.3 Å². The lowest BCUT2D eigenvalue weighted by Crippen LogP contribution is -2.41. The lowest BCUT2D eigenvalue weighted by molar-refractivity contribution is 0.196. The summed E-state index contributed by atoms with van der Waals surface area (Å²) in [6.45, 7) is 5.60. The highest BCUT2D eigenvalue weighted by Gasteiger charge is 2.32.